The highest BCUT2D eigenvalue weighted by atomic mass is 16.6. The SMILES string of the molecule is C/C=C(/C)C(=O)O[C@H]1C[C@@H]2C[C@H](OC(=O)/C=C(\C)C(=O)OC)C[C@H]1N2C. The van der Waals surface area contributed by atoms with Crippen molar-refractivity contribution in [2.75, 3.05) is 14.2 Å². The van der Waals surface area contributed by atoms with Crippen LogP contribution in [0.2, 0.25) is 0 Å². The molecule has 0 radical (unpaired) electrons. The maximum atomic E-state index is 12.1. The Labute approximate surface area is 154 Å². The first-order valence-corrected chi connectivity index (χ1v) is 8.79. The first-order chi connectivity index (χ1) is 12.3. The van der Waals surface area contributed by atoms with Gasteiger partial charge in [0.25, 0.3) is 0 Å². The van der Waals surface area contributed by atoms with E-state index in [0.717, 1.165) is 12.5 Å². The fourth-order valence-corrected chi connectivity index (χ4v) is 3.54. The number of piperidine rings is 1. The zero-order valence-corrected chi connectivity index (χ0v) is 16.0. The summed E-state index contributed by atoms with van der Waals surface area (Å²) in [5.74, 6) is -1.42. The number of hydrogen-bond donors (Lipinski definition) is 0. The van der Waals surface area contributed by atoms with Crippen molar-refractivity contribution >= 4 is 17.9 Å². The van der Waals surface area contributed by atoms with E-state index in [4.69, 9.17) is 9.47 Å². The van der Waals surface area contributed by atoms with Gasteiger partial charge in [0.2, 0.25) is 0 Å². The number of rotatable bonds is 5. The number of fused-ring (bicyclic) bond motifs is 2. The molecule has 4 atom stereocenters. The van der Waals surface area contributed by atoms with E-state index in [2.05, 4.69) is 9.64 Å². The molecule has 0 aromatic heterocycles. The molecule has 144 valence electrons. The van der Waals surface area contributed by atoms with Gasteiger partial charge in [0.05, 0.1) is 13.2 Å². The Morgan fingerprint density at radius 3 is 2.31 bits per heavy atom. The van der Waals surface area contributed by atoms with E-state index in [9.17, 15) is 14.4 Å². The van der Waals surface area contributed by atoms with Gasteiger partial charge in [-0.05, 0) is 27.8 Å². The highest BCUT2D eigenvalue weighted by molar-refractivity contribution is 5.95. The van der Waals surface area contributed by atoms with Crippen molar-refractivity contribution < 1.29 is 28.6 Å². The molecule has 2 rings (SSSR count). The quantitative estimate of drug-likeness (QED) is 0.417. The first kappa shape index (κ1) is 20.2. The monoisotopic (exact) mass is 365 g/mol. The van der Waals surface area contributed by atoms with E-state index >= 15 is 0 Å². The third-order valence-electron chi connectivity index (χ3n) is 5.21. The van der Waals surface area contributed by atoms with Crippen LogP contribution >= 0.6 is 0 Å². The lowest BCUT2D eigenvalue weighted by Gasteiger charge is -2.36. The van der Waals surface area contributed by atoms with Crippen molar-refractivity contribution in [3.63, 3.8) is 0 Å². The lowest BCUT2D eigenvalue weighted by atomic mass is 10.00. The number of allylic oxidation sites excluding steroid dienone is 1. The predicted molar refractivity (Wildman–Crippen MR) is 94.2 cm³/mol. The zero-order chi connectivity index (χ0) is 19.4. The molecule has 2 fully saturated rings. The lowest BCUT2D eigenvalue weighted by Crippen LogP contribution is -2.46. The molecule has 2 aliphatic heterocycles. The molecule has 0 saturated carbocycles. The van der Waals surface area contributed by atoms with Crippen molar-refractivity contribution in [1.82, 2.24) is 4.90 Å². The van der Waals surface area contributed by atoms with Gasteiger partial charge in [-0.3, -0.25) is 4.90 Å². The van der Waals surface area contributed by atoms with Crippen molar-refractivity contribution in [1.29, 1.82) is 0 Å². The first-order valence-electron chi connectivity index (χ1n) is 8.79. The molecule has 0 aromatic carbocycles. The molecule has 2 saturated heterocycles. The van der Waals surface area contributed by atoms with Gasteiger partial charge in [0.1, 0.15) is 12.2 Å². The topological polar surface area (TPSA) is 82.1 Å². The van der Waals surface area contributed by atoms with Gasteiger partial charge in [-0.1, -0.05) is 6.08 Å². The molecular weight excluding hydrogens is 338 g/mol. The van der Waals surface area contributed by atoms with Gasteiger partial charge in [0, 0.05) is 42.5 Å². The Morgan fingerprint density at radius 1 is 1.00 bits per heavy atom. The predicted octanol–water partition coefficient (Wildman–Crippen LogP) is 1.76. The third-order valence-corrected chi connectivity index (χ3v) is 5.21. The average Bonchev–Trinajstić information content (AvgIpc) is 2.78. The lowest BCUT2D eigenvalue weighted by molar-refractivity contribution is -0.150. The van der Waals surface area contributed by atoms with Gasteiger partial charge < -0.3 is 14.2 Å². The van der Waals surface area contributed by atoms with Gasteiger partial charge in [-0.15, -0.1) is 0 Å². The summed E-state index contributed by atoms with van der Waals surface area (Å²) in [6.07, 6.45) is 4.42. The fourth-order valence-electron chi connectivity index (χ4n) is 3.54. The summed E-state index contributed by atoms with van der Waals surface area (Å²) in [5, 5.41) is 0. The zero-order valence-electron chi connectivity index (χ0n) is 16.0. The summed E-state index contributed by atoms with van der Waals surface area (Å²) in [6, 6.07) is 0.215. The van der Waals surface area contributed by atoms with E-state index in [1.54, 1.807) is 19.9 Å². The number of ether oxygens (including phenoxy) is 3. The van der Waals surface area contributed by atoms with E-state index in [-0.39, 0.29) is 35.8 Å². The van der Waals surface area contributed by atoms with Crippen LogP contribution in [-0.2, 0) is 28.6 Å². The molecule has 0 aliphatic carbocycles. The van der Waals surface area contributed by atoms with Crippen molar-refractivity contribution in [3.05, 3.63) is 23.3 Å². The molecule has 7 nitrogen and oxygen atoms in total. The van der Waals surface area contributed by atoms with E-state index < -0.39 is 11.9 Å². The van der Waals surface area contributed by atoms with Crippen molar-refractivity contribution in [3.8, 4) is 0 Å². The Balaban J connectivity index is 1.97. The summed E-state index contributed by atoms with van der Waals surface area (Å²) in [5.41, 5.74) is 0.780. The second-order valence-electron chi connectivity index (χ2n) is 6.89. The fraction of sp³-hybridized carbons (Fsp3) is 0.632. The standard InChI is InChI=1S/C19H27NO6/c1-6-11(2)19(23)26-16-9-13-8-14(10-15(16)20(13)4)25-17(21)7-12(3)18(22)24-5/h6-7,13-16H,8-10H2,1-5H3/b11-6-,12-7+/t13-,14-,15+,16-/m0/s1. The second-order valence-corrected chi connectivity index (χ2v) is 6.89. The van der Waals surface area contributed by atoms with Crippen molar-refractivity contribution in [2.24, 2.45) is 0 Å². The van der Waals surface area contributed by atoms with Crippen LogP contribution in [0.4, 0.5) is 0 Å². The summed E-state index contributed by atoms with van der Waals surface area (Å²) in [6.45, 7) is 5.03. The minimum Gasteiger partial charge on any atom is -0.466 e. The van der Waals surface area contributed by atoms with Crippen LogP contribution in [0, 0.1) is 0 Å². The minimum atomic E-state index is -0.559. The van der Waals surface area contributed by atoms with Gasteiger partial charge in [-0.25, -0.2) is 14.4 Å². The van der Waals surface area contributed by atoms with E-state index in [1.807, 2.05) is 7.05 Å². The summed E-state index contributed by atoms with van der Waals surface area (Å²) < 4.78 is 15.7. The molecule has 0 amide bonds. The number of likely N-dealkylation sites (N-methyl/N-ethyl adjacent to an activating group) is 1. The number of carbonyl (C=O) groups is 3. The molecule has 0 N–H and O–H groups in total. The maximum absolute atomic E-state index is 12.1. The average molecular weight is 365 g/mol. The molecule has 7 heteroatoms. The third kappa shape index (κ3) is 4.52. The summed E-state index contributed by atoms with van der Waals surface area (Å²) in [7, 11) is 3.27. The Bertz CT molecular complexity index is 638. The van der Waals surface area contributed by atoms with Crippen LogP contribution in [0.3, 0.4) is 0 Å². The number of methoxy groups -OCH3 is 1. The van der Waals surface area contributed by atoms with Crippen LogP contribution in [0.5, 0.6) is 0 Å². The number of hydrogen-bond acceptors (Lipinski definition) is 7. The Morgan fingerprint density at radius 2 is 1.69 bits per heavy atom. The van der Waals surface area contributed by atoms with Gasteiger partial charge >= 0.3 is 17.9 Å². The molecule has 26 heavy (non-hydrogen) atoms. The molecule has 0 aromatic rings. The maximum Gasteiger partial charge on any atom is 0.333 e. The van der Waals surface area contributed by atoms with Crippen LogP contribution < -0.4 is 0 Å². The molecule has 2 heterocycles. The van der Waals surface area contributed by atoms with E-state index in [0.29, 0.717) is 18.4 Å². The van der Waals surface area contributed by atoms with Gasteiger partial charge in [0.15, 0.2) is 0 Å². The largest absolute Gasteiger partial charge is 0.466 e. The Hall–Kier alpha value is -2.15. The smallest absolute Gasteiger partial charge is 0.333 e. The minimum absolute atomic E-state index is 0.0193. The van der Waals surface area contributed by atoms with Crippen LogP contribution in [0.1, 0.15) is 40.0 Å². The molecule has 0 unspecified atom stereocenters. The van der Waals surface area contributed by atoms with E-state index in [1.165, 1.54) is 14.0 Å². The van der Waals surface area contributed by atoms with Gasteiger partial charge in [-0.2, -0.15) is 0 Å². The summed E-state index contributed by atoms with van der Waals surface area (Å²) in [4.78, 5) is 37.6. The molecule has 0 spiro atoms. The van der Waals surface area contributed by atoms with Crippen LogP contribution in [0.15, 0.2) is 23.3 Å². The number of carbonyl (C=O) groups excluding carboxylic acids is 3. The molecular formula is C19H27NO6. The number of esters is 3. The highest BCUT2D eigenvalue weighted by Gasteiger charge is 2.47. The normalized spacial score (nSPS) is 29.3. The second kappa shape index (κ2) is 8.49. The highest BCUT2D eigenvalue weighted by Crippen LogP contribution is 2.37. The van der Waals surface area contributed by atoms with Crippen LogP contribution in [0.25, 0.3) is 0 Å². The van der Waals surface area contributed by atoms with Crippen LogP contribution in [-0.4, -0.2) is 61.3 Å². The number of nitrogens with zero attached hydrogens (tertiary/aromatic N) is 1. The Kier molecular flexibility index (Phi) is 6.58. The van der Waals surface area contributed by atoms with Crippen molar-refractivity contribution in [2.45, 2.75) is 64.3 Å². The summed E-state index contributed by atoms with van der Waals surface area (Å²) >= 11 is 0. The molecule has 2 bridgehead atoms. The molecule has 2 aliphatic rings.